The van der Waals surface area contributed by atoms with Crippen LogP contribution in [0.2, 0.25) is 0 Å². The summed E-state index contributed by atoms with van der Waals surface area (Å²) in [5.74, 6) is 0.754. The molecule has 0 spiro atoms. The number of carbonyl (C=O) groups excluding carboxylic acids is 1. The Morgan fingerprint density at radius 2 is 2.10 bits per heavy atom. The fourth-order valence-corrected chi connectivity index (χ4v) is 5.52. The van der Waals surface area contributed by atoms with E-state index in [9.17, 15) is 4.79 Å². The second-order valence-electron chi connectivity index (χ2n) is 10.4. The lowest BCUT2D eigenvalue weighted by Crippen LogP contribution is -2.59. The highest BCUT2D eigenvalue weighted by atomic mass is 16.5. The Hall–Kier alpha value is -4.57. The van der Waals surface area contributed by atoms with Gasteiger partial charge in [0.15, 0.2) is 5.54 Å². The number of aromatic amines is 1. The molecule has 3 aromatic heterocycles. The Morgan fingerprint density at radius 1 is 1.27 bits per heavy atom. The third-order valence-corrected chi connectivity index (χ3v) is 7.64. The summed E-state index contributed by atoms with van der Waals surface area (Å²) in [5.41, 5.74) is 6.15. The number of rotatable bonds is 7. The molecule has 1 aromatic carbocycles. The fraction of sp³-hybridized carbons (Fsp3) is 0.300. The number of hydrogen-bond donors (Lipinski definition) is 3. The van der Waals surface area contributed by atoms with E-state index in [1.54, 1.807) is 6.92 Å². The normalized spacial score (nSPS) is 21.1. The largest absolute Gasteiger partial charge is 0.364 e. The molecule has 1 unspecified atom stereocenters. The number of nitrogens with one attached hydrogen (secondary N) is 3. The molecule has 10 heteroatoms. The zero-order chi connectivity index (χ0) is 28.0. The average molecular weight is 537 g/mol. The Balaban J connectivity index is 1.46. The molecule has 204 valence electrons. The molecule has 10 nitrogen and oxygen atoms in total. The lowest BCUT2D eigenvalue weighted by atomic mass is 9.78. The van der Waals surface area contributed by atoms with E-state index in [1.165, 1.54) is 5.01 Å². The van der Waals surface area contributed by atoms with Gasteiger partial charge in [0.05, 0.1) is 29.6 Å². The van der Waals surface area contributed by atoms with Gasteiger partial charge in [-0.15, -0.1) is 0 Å². The number of hydrazone groups is 1. The molecule has 1 amide bonds. The summed E-state index contributed by atoms with van der Waals surface area (Å²) in [5, 5.41) is 18.9. The van der Waals surface area contributed by atoms with Crippen molar-refractivity contribution in [2.75, 3.05) is 6.54 Å². The van der Waals surface area contributed by atoms with E-state index in [0.717, 1.165) is 44.7 Å². The molecule has 5 heterocycles. The number of para-hydroxylation sites is 1. The molecule has 2 aliphatic heterocycles. The van der Waals surface area contributed by atoms with Crippen LogP contribution in [-0.2, 0) is 16.8 Å². The minimum atomic E-state index is -1.13. The highest BCUT2D eigenvalue weighted by Gasteiger charge is 2.53. The number of H-pyrrole nitrogens is 1. The molecule has 3 N–H and O–H groups in total. The molecule has 2 aliphatic rings. The van der Waals surface area contributed by atoms with Crippen LogP contribution in [-0.4, -0.2) is 49.3 Å². The van der Waals surface area contributed by atoms with Crippen LogP contribution in [0.4, 0.5) is 0 Å². The van der Waals surface area contributed by atoms with E-state index >= 15 is 0 Å². The van der Waals surface area contributed by atoms with Crippen LogP contribution in [0.5, 0.6) is 0 Å². The summed E-state index contributed by atoms with van der Waals surface area (Å²) in [6, 6.07) is 12.0. The maximum absolute atomic E-state index is 12.9. The van der Waals surface area contributed by atoms with Gasteiger partial charge < -0.3 is 14.8 Å². The smallest absolute Gasteiger partial charge is 0.248 e. The van der Waals surface area contributed by atoms with Gasteiger partial charge in [0, 0.05) is 42.5 Å². The van der Waals surface area contributed by atoms with Crippen molar-refractivity contribution < 1.29 is 9.32 Å². The molecular weight excluding hydrogens is 504 g/mol. The molecule has 0 radical (unpaired) electrons. The van der Waals surface area contributed by atoms with Crippen LogP contribution in [0.3, 0.4) is 0 Å². The van der Waals surface area contributed by atoms with Crippen molar-refractivity contribution in [3.05, 3.63) is 95.3 Å². The van der Waals surface area contributed by atoms with Crippen LogP contribution in [0.15, 0.2) is 70.7 Å². The standard InChI is InChI=1S/C30H32N8O2/c1-6-38-27(39)14-26(36-38)30(29-33-20(5)40-37-29)28-22(21-9-7-8-10-24(21)34-28)13-25(35-30)19(4)31-16-18(3)23-12-11-17(2)15-32-23/h7-12,15-16,25,31,34-35H,4,6,13-14H2,1-3,5H3/b18-16+/t25-,30?/m1/s1. The molecule has 0 fully saturated rings. The highest BCUT2D eigenvalue weighted by Crippen LogP contribution is 2.42. The predicted octanol–water partition coefficient (Wildman–Crippen LogP) is 4.09. The van der Waals surface area contributed by atoms with Crippen molar-refractivity contribution in [1.29, 1.82) is 0 Å². The minimum absolute atomic E-state index is 0.0696. The van der Waals surface area contributed by atoms with Crippen LogP contribution in [0.25, 0.3) is 16.5 Å². The molecule has 0 saturated heterocycles. The van der Waals surface area contributed by atoms with Crippen molar-refractivity contribution >= 4 is 28.1 Å². The van der Waals surface area contributed by atoms with Gasteiger partial charge in [-0.25, -0.2) is 5.01 Å². The molecule has 40 heavy (non-hydrogen) atoms. The van der Waals surface area contributed by atoms with Crippen LogP contribution in [0, 0.1) is 13.8 Å². The summed E-state index contributed by atoms with van der Waals surface area (Å²) in [6.45, 7) is 12.6. The van der Waals surface area contributed by atoms with Crippen molar-refractivity contribution in [2.45, 2.75) is 52.1 Å². The number of carbonyl (C=O) groups is 1. The van der Waals surface area contributed by atoms with Gasteiger partial charge in [0.2, 0.25) is 17.6 Å². The summed E-state index contributed by atoms with van der Waals surface area (Å²) in [6.07, 6.45) is 4.56. The Labute approximate surface area is 232 Å². The summed E-state index contributed by atoms with van der Waals surface area (Å²) < 4.78 is 5.48. The Morgan fingerprint density at radius 3 is 2.80 bits per heavy atom. The first kappa shape index (κ1) is 25.7. The summed E-state index contributed by atoms with van der Waals surface area (Å²) in [4.78, 5) is 25.7. The van der Waals surface area contributed by atoms with Gasteiger partial charge >= 0.3 is 0 Å². The number of aromatic nitrogens is 4. The van der Waals surface area contributed by atoms with Gasteiger partial charge in [-0.2, -0.15) is 10.1 Å². The van der Waals surface area contributed by atoms with Crippen molar-refractivity contribution in [2.24, 2.45) is 5.10 Å². The second-order valence-corrected chi connectivity index (χ2v) is 10.4. The van der Waals surface area contributed by atoms with E-state index in [2.05, 4.69) is 43.4 Å². The number of benzene rings is 1. The van der Waals surface area contributed by atoms with Gasteiger partial charge in [0.25, 0.3) is 0 Å². The quantitative estimate of drug-likeness (QED) is 0.325. The first-order chi connectivity index (χ1) is 19.3. The number of allylic oxidation sites excluding steroid dienone is 1. The number of pyridine rings is 1. The van der Waals surface area contributed by atoms with Gasteiger partial charge in [-0.3, -0.25) is 15.1 Å². The van der Waals surface area contributed by atoms with E-state index in [1.807, 2.05) is 63.5 Å². The van der Waals surface area contributed by atoms with E-state index in [0.29, 0.717) is 30.4 Å². The number of nitrogens with zero attached hydrogens (tertiary/aromatic N) is 5. The van der Waals surface area contributed by atoms with Crippen molar-refractivity contribution in [3.8, 4) is 0 Å². The molecule has 2 atom stereocenters. The monoisotopic (exact) mass is 536 g/mol. The van der Waals surface area contributed by atoms with E-state index in [-0.39, 0.29) is 18.4 Å². The molecule has 0 aliphatic carbocycles. The number of amides is 1. The SMILES string of the molecule is C=C(N/C=C(\C)c1ccc(C)cn1)[C@H]1Cc2c([nH]c3ccccc23)C(C2=NN(CC)C(=O)C2)(c2noc(C)n2)N1. The molecular formula is C30H32N8O2. The fourth-order valence-electron chi connectivity index (χ4n) is 5.52. The van der Waals surface area contributed by atoms with E-state index < -0.39 is 5.54 Å². The number of hydrogen-bond acceptors (Lipinski definition) is 8. The lowest BCUT2D eigenvalue weighted by Gasteiger charge is -2.40. The maximum Gasteiger partial charge on any atom is 0.248 e. The topological polar surface area (TPSA) is 124 Å². The average Bonchev–Trinajstić information content (AvgIpc) is 3.68. The Bertz CT molecular complexity index is 1680. The third kappa shape index (κ3) is 4.21. The first-order valence-corrected chi connectivity index (χ1v) is 13.4. The van der Waals surface area contributed by atoms with Crippen molar-refractivity contribution in [3.63, 3.8) is 0 Å². The first-order valence-electron chi connectivity index (χ1n) is 13.4. The van der Waals surface area contributed by atoms with Crippen LogP contribution < -0.4 is 10.6 Å². The maximum atomic E-state index is 12.9. The Kier molecular flexibility index (Phi) is 6.34. The number of fused-ring (bicyclic) bond motifs is 3. The minimum Gasteiger partial charge on any atom is -0.364 e. The zero-order valence-electron chi connectivity index (χ0n) is 23.1. The van der Waals surface area contributed by atoms with Crippen molar-refractivity contribution in [1.82, 2.24) is 35.8 Å². The summed E-state index contributed by atoms with van der Waals surface area (Å²) in [7, 11) is 0. The molecule has 0 saturated carbocycles. The zero-order valence-corrected chi connectivity index (χ0v) is 23.1. The van der Waals surface area contributed by atoms with Crippen LogP contribution >= 0.6 is 0 Å². The van der Waals surface area contributed by atoms with Gasteiger partial charge in [-0.1, -0.05) is 36.0 Å². The third-order valence-electron chi connectivity index (χ3n) is 7.64. The summed E-state index contributed by atoms with van der Waals surface area (Å²) >= 11 is 0. The van der Waals surface area contributed by atoms with E-state index in [4.69, 9.17) is 9.62 Å². The molecule has 4 aromatic rings. The van der Waals surface area contributed by atoms with Crippen LogP contribution in [0.1, 0.15) is 54.5 Å². The second kappa shape index (κ2) is 9.87. The molecule has 6 rings (SSSR count). The lowest BCUT2D eigenvalue weighted by molar-refractivity contribution is -0.128. The molecule has 0 bridgehead atoms. The number of aryl methyl sites for hydroxylation is 2. The predicted molar refractivity (Wildman–Crippen MR) is 153 cm³/mol. The highest BCUT2D eigenvalue weighted by molar-refractivity contribution is 6.11. The van der Waals surface area contributed by atoms with Gasteiger partial charge in [-0.05, 0) is 56.0 Å². The van der Waals surface area contributed by atoms with Gasteiger partial charge in [0.1, 0.15) is 0 Å².